The van der Waals surface area contributed by atoms with Crippen molar-refractivity contribution in [3.8, 4) is 11.5 Å². The van der Waals surface area contributed by atoms with Gasteiger partial charge in [0.05, 0.1) is 19.6 Å². The van der Waals surface area contributed by atoms with Gasteiger partial charge in [0, 0.05) is 24.2 Å². The first-order chi connectivity index (χ1) is 13.7. The lowest BCUT2D eigenvalue weighted by Gasteiger charge is -2.32. The Hall–Kier alpha value is -1.53. The first-order valence-corrected chi connectivity index (χ1v) is 9.46. The zero-order chi connectivity index (χ0) is 21.4. The molecule has 2 rings (SSSR count). The molecule has 5 nitrogen and oxygen atoms in total. The summed E-state index contributed by atoms with van der Waals surface area (Å²) < 4.78 is 74.0. The van der Waals surface area contributed by atoms with E-state index in [1.807, 2.05) is 6.92 Å². The van der Waals surface area contributed by atoms with Crippen molar-refractivity contribution in [3.05, 3.63) is 23.8 Å². The normalized spacial score (nSPS) is 19.8. The van der Waals surface area contributed by atoms with Gasteiger partial charge in [-0.2, -0.15) is 22.0 Å². The number of hydrogen-bond donors (Lipinski definition) is 2. The van der Waals surface area contributed by atoms with Gasteiger partial charge < -0.3 is 20.1 Å². The van der Waals surface area contributed by atoms with Crippen LogP contribution in [-0.2, 0) is 6.54 Å². The molecule has 1 saturated carbocycles. The highest BCUT2D eigenvalue weighted by atomic mass is 127. The summed E-state index contributed by atoms with van der Waals surface area (Å²) >= 11 is 0. The Kier molecular flexibility index (Phi) is 10.9. The van der Waals surface area contributed by atoms with Gasteiger partial charge in [-0.05, 0) is 38.3 Å². The van der Waals surface area contributed by atoms with Gasteiger partial charge in [-0.25, -0.2) is 4.99 Å². The molecule has 2 unspecified atom stereocenters. The number of rotatable bonds is 7. The van der Waals surface area contributed by atoms with Crippen molar-refractivity contribution in [3.63, 3.8) is 0 Å². The molecular formula is C19H27F5IN3O2. The van der Waals surface area contributed by atoms with Gasteiger partial charge in [-0.15, -0.1) is 24.0 Å². The number of alkyl halides is 5. The molecule has 0 amide bonds. The molecule has 0 aliphatic heterocycles. The molecule has 0 radical (unpaired) electrons. The summed E-state index contributed by atoms with van der Waals surface area (Å²) in [6, 6.07) is 4.13. The number of nitrogens with one attached hydrogen (secondary N) is 2. The lowest BCUT2D eigenvalue weighted by Crippen LogP contribution is -2.46. The Morgan fingerprint density at radius 3 is 2.60 bits per heavy atom. The number of methoxy groups -OCH3 is 1. The first kappa shape index (κ1) is 26.5. The molecule has 30 heavy (non-hydrogen) atoms. The minimum absolute atomic E-state index is 0. The van der Waals surface area contributed by atoms with Crippen LogP contribution in [-0.4, -0.2) is 38.4 Å². The highest BCUT2D eigenvalue weighted by Crippen LogP contribution is 2.37. The summed E-state index contributed by atoms with van der Waals surface area (Å²) in [5, 5.41) is 6.02. The van der Waals surface area contributed by atoms with Gasteiger partial charge in [0.1, 0.15) is 11.5 Å². The van der Waals surface area contributed by atoms with Crippen LogP contribution in [0.3, 0.4) is 0 Å². The Balaban J connectivity index is 0.00000450. The van der Waals surface area contributed by atoms with E-state index in [2.05, 4.69) is 20.4 Å². The molecule has 0 aromatic heterocycles. The van der Waals surface area contributed by atoms with Gasteiger partial charge in [-0.1, -0.05) is 6.42 Å². The van der Waals surface area contributed by atoms with Gasteiger partial charge in [0.15, 0.2) is 5.96 Å². The quantitative estimate of drug-likeness (QED) is 0.215. The van der Waals surface area contributed by atoms with Crippen molar-refractivity contribution in [1.82, 2.24) is 10.6 Å². The highest BCUT2D eigenvalue weighted by Gasteiger charge is 2.42. The lowest BCUT2D eigenvalue weighted by atomic mass is 9.85. The molecule has 0 spiro atoms. The summed E-state index contributed by atoms with van der Waals surface area (Å²) in [7, 11) is 1.41. The van der Waals surface area contributed by atoms with Gasteiger partial charge >= 0.3 is 12.8 Å². The van der Waals surface area contributed by atoms with E-state index in [0.29, 0.717) is 36.7 Å². The second-order valence-corrected chi connectivity index (χ2v) is 6.79. The molecule has 11 heteroatoms. The standard InChI is InChI=1S/C19H26F5N3O2.HI/c1-3-25-18(27-14-6-4-5-13(9-14)19(22,23)24)26-11-12-7-8-15(28-2)10-16(12)29-17(20)21;/h7-8,10,13-14,17H,3-6,9,11H2,1-2H3,(H2,25,26,27);1H. The number of aliphatic imine (C=N–C) groups is 1. The van der Waals surface area contributed by atoms with Crippen LogP contribution in [0.2, 0.25) is 0 Å². The molecule has 1 aromatic carbocycles. The Morgan fingerprint density at radius 1 is 1.27 bits per heavy atom. The summed E-state index contributed by atoms with van der Waals surface area (Å²) in [5.41, 5.74) is 0.403. The van der Waals surface area contributed by atoms with Crippen LogP contribution in [0.4, 0.5) is 22.0 Å². The molecule has 2 N–H and O–H groups in total. The van der Waals surface area contributed by atoms with E-state index in [1.165, 1.54) is 13.2 Å². The van der Waals surface area contributed by atoms with Crippen molar-refractivity contribution in [2.45, 2.75) is 58.0 Å². The monoisotopic (exact) mass is 551 g/mol. The predicted molar refractivity (Wildman–Crippen MR) is 115 cm³/mol. The van der Waals surface area contributed by atoms with E-state index < -0.39 is 18.7 Å². The number of benzene rings is 1. The fourth-order valence-corrected chi connectivity index (χ4v) is 3.29. The fraction of sp³-hybridized carbons (Fsp3) is 0.632. The minimum atomic E-state index is -4.21. The summed E-state index contributed by atoms with van der Waals surface area (Å²) in [6.07, 6.45) is -3.00. The van der Waals surface area contributed by atoms with Crippen LogP contribution in [0.1, 0.15) is 38.2 Å². The Bertz CT molecular complexity index is 689. The smallest absolute Gasteiger partial charge is 0.391 e. The molecule has 1 aliphatic rings. The van der Waals surface area contributed by atoms with E-state index in [1.54, 1.807) is 12.1 Å². The van der Waals surface area contributed by atoms with E-state index in [-0.39, 0.29) is 55.2 Å². The maximum atomic E-state index is 13.0. The van der Waals surface area contributed by atoms with Crippen molar-refractivity contribution >= 4 is 29.9 Å². The molecule has 1 fully saturated rings. The second-order valence-electron chi connectivity index (χ2n) is 6.79. The topological polar surface area (TPSA) is 54.9 Å². The third kappa shape index (κ3) is 8.31. The summed E-state index contributed by atoms with van der Waals surface area (Å²) in [6.45, 7) is -0.658. The Morgan fingerprint density at radius 2 is 2.00 bits per heavy atom. The zero-order valence-electron chi connectivity index (χ0n) is 16.8. The van der Waals surface area contributed by atoms with Crippen molar-refractivity contribution in [2.75, 3.05) is 13.7 Å². The van der Waals surface area contributed by atoms with Crippen LogP contribution < -0.4 is 20.1 Å². The van der Waals surface area contributed by atoms with Crippen LogP contribution in [0.5, 0.6) is 11.5 Å². The number of ether oxygens (including phenoxy) is 2. The fourth-order valence-electron chi connectivity index (χ4n) is 3.29. The van der Waals surface area contributed by atoms with Crippen LogP contribution >= 0.6 is 24.0 Å². The minimum Gasteiger partial charge on any atom is -0.497 e. The van der Waals surface area contributed by atoms with E-state index >= 15 is 0 Å². The number of nitrogens with zero attached hydrogens (tertiary/aromatic N) is 1. The van der Waals surface area contributed by atoms with Crippen molar-refractivity contribution < 1.29 is 31.4 Å². The summed E-state index contributed by atoms with van der Waals surface area (Å²) in [4.78, 5) is 4.34. The average molecular weight is 551 g/mol. The molecule has 0 bridgehead atoms. The third-order valence-electron chi connectivity index (χ3n) is 4.72. The molecule has 0 saturated heterocycles. The van der Waals surface area contributed by atoms with E-state index in [9.17, 15) is 22.0 Å². The lowest BCUT2D eigenvalue weighted by molar-refractivity contribution is -0.183. The molecule has 172 valence electrons. The van der Waals surface area contributed by atoms with Crippen LogP contribution in [0, 0.1) is 5.92 Å². The van der Waals surface area contributed by atoms with Gasteiger partial charge in [0.25, 0.3) is 0 Å². The largest absolute Gasteiger partial charge is 0.497 e. The number of halogens is 6. The Labute approximate surface area is 189 Å². The highest BCUT2D eigenvalue weighted by molar-refractivity contribution is 14.0. The van der Waals surface area contributed by atoms with E-state index in [0.717, 1.165) is 0 Å². The molecule has 0 heterocycles. The predicted octanol–water partition coefficient (Wildman–Crippen LogP) is 5.09. The first-order valence-electron chi connectivity index (χ1n) is 9.46. The maximum Gasteiger partial charge on any atom is 0.391 e. The zero-order valence-corrected chi connectivity index (χ0v) is 19.1. The third-order valence-corrected chi connectivity index (χ3v) is 4.72. The number of guanidine groups is 1. The molecular weight excluding hydrogens is 524 g/mol. The van der Waals surface area contributed by atoms with Gasteiger partial charge in [0.2, 0.25) is 0 Å². The van der Waals surface area contributed by atoms with Crippen LogP contribution in [0.15, 0.2) is 23.2 Å². The number of hydrogen-bond acceptors (Lipinski definition) is 3. The molecule has 1 aliphatic carbocycles. The molecule has 2 atom stereocenters. The summed E-state index contributed by atoms with van der Waals surface area (Å²) in [5.74, 6) is -0.698. The maximum absolute atomic E-state index is 13.0. The second kappa shape index (κ2) is 12.4. The van der Waals surface area contributed by atoms with Crippen molar-refractivity contribution in [1.29, 1.82) is 0 Å². The van der Waals surface area contributed by atoms with Gasteiger partial charge in [-0.3, -0.25) is 0 Å². The molecule has 1 aromatic rings. The van der Waals surface area contributed by atoms with Crippen molar-refractivity contribution in [2.24, 2.45) is 10.9 Å². The van der Waals surface area contributed by atoms with E-state index in [4.69, 9.17) is 4.74 Å². The van der Waals surface area contributed by atoms with Crippen LogP contribution in [0.25, 0.3) is 0 Å². The SMILES string of the molecule is CCNC(=NCc1ccc(OC)cc1OC(F)F)NC1CCCC(C(F)(F)F)C1.I. The average Bonchev–Trinajstić information content (AvgIpc) is 2.66.